The number of aromatic nitrogens is 2. The van der Waals surface area contributed by atoms with Crippen LogP contribution in [-0.4, -0.2) is 22.0 Å². The maximum Gasteiger partial charge on any atom is 0.269 e. The fourth-order valence-electron chi connectivity index (χ4n) is 1.11. The van der Waals surface area contributed by atoms with E-state index in [1.54, 1.807) is 29.5 Å². The van der Waals surface area contributed by atoms with Crippen LogP contribution >= 0.6 is 34.2 Å². The summed E-state index contributed by atoms with van der Waals surface area (Å²) in [6.07, 6.45) is 6.27. The van der Waals surface area contributed by atoms with E-state index in [0.717, 1.165) is 0 Å². The molecule has 1 rings (SSSR count). The van der Waals surface area contributed by atoms with Crippen LogP contribution in [0.15, 0.2) is 11.1 Å². The lowest BCUT2D eigenvalue weighted by Crippen LogP contribution is -2.36. The van der Waals surface area contributed by atoms with Crippen LogP contribution in [0.2, 0.25) is 5.15 Å². The van der Waals surface area contributed by atoms with Crippen molar-refractivity contribution in [1.29, 1.82) is 0 Å². The molecule has 0 aliphatic carbocycles. The van der Waals surface area contributed by atoms with Crippen molar-refractivity contribution in [3.05, 3.63) is 25.4 Å². The summed E-state index contributed by atoms with van der Waals surface area (Å²) in [5.74, 6) is 1.94. The third kappa shape index (κ3) is 3.20. The minimum absolute atomic E-state index is 0.121. The van der Waals surface area contributed by atoms with E-state index in [1.165, 1.54) is 10.9 Å². The fourth-order valence-corrected chi connectivity index (χ4v) is 1.65. The maximum atomic E-state index is 11.8. The number of halogens is 2. The highest BCUT2D eigenvalue weighted by Crippen LogP contribution is 2.11. The summed E-state index contributed by atoms with van der Waals surface area (Å²) < 4.78 is 1.49. The van der Waals surface area contributed by atoms with Gasteiger partial charge in [0.05, 0.1) is 12.9 Å². The molecule has 1 atom stereocenters. The fraction of sp³-hybridized carbons (Fsp3) is 0.300. The summed E-state index contributed by atoms with van der Waals surface area (Å²) in [7, 11) is 0. The SMILES string of the molecule is C#CCNC(=O)C(C)n1cnc(Cl)c(I)c1=O. The van der Waals surface area contributed by atoms with Crippen molar-refractivity contribution < 1.29 is 4.79 Å². The first-order chi connectivity index (χ1) is 7.99. The second-order valence-corrected chi connectivity index (χ2v) is 4.60. The Hall–Kier alpha value is -1.07. The highest BCUT2D eigenvalue weighted by Gasteiger charge is 2.17. The maximum absolute atomic E-state index is 11.8. The molecule has 1 aromatic heterocycles. The van der Waals surface area contributed by atoms with Crippen molar-refractivity contribution in [2.24, 2.45) is 0 Å². The number of hydrogen-bond donors (Lipinski definition) is 1. The summed E-state index contributed by atoms with van der Waals surface area (Å²) >= 11 is 7.48. The van der Waals surface area contributed by atoms with Crippen molar-refractivity contribution in [1.82, 2.24) is 14.9 Å². The second-order valence-electron chi connectivity index (χ2n) is 3.16. The van der Waals surface area contributed by atoms with Gasteiger partial charge in [0.1, 0.15) is 14.8 Å². The average Bonchev–Trinajstić information content (AvgIpc) is 2.32. The Morgan fingerprint density at radius 2 is 2.47 bits per heavy atom. The molecule has 0 bridgehead atoms. The van der Waals surface area contributed by atoms with Crippen LogP contribution in [0.5, 0.6) is 0 Å². The van der Waals surface area contributed by atoms with Gasteiger partial charge in [0.15, 0.2) is 0 Å². The Bertz CT molecular complexity index is 535. The van der Waals surface area contributed by atoms with Crippen LogP contribution in [0.25, 0.3) is 0 Å². The summed E-state index contributed by atoms with van der Waals surface area (Å²) in [4.78, 5) is 27.3. The first kappa shape index (κ1) is 14.0. The summed E-state index contributed by atoms with van der Waals surface area (Å²) in [5, 5.41) is 2.62. The normalized spacial score (nSPS) is 11.6. The molecule has 17 heavy (non-hydrogen) atoms. The van der Waals surface area contributed by atoms with Crippen LogP contribution in [0, 0.1) is 15.9 Å². The van der Waals surface area contributed by atoms with E-state index < -0.39 is 6.04 Å². The van der Waals surface area contributed by atoms with Gasteiger partial charge in [-0.15, -0.1) is 6.42 Å². The Kier molecular flexibility index (Phi) is 4.96. The molecule has 1 heterocycles. The molecule has 1 amide bonds. The highest BCUT2D eigenvalue weighted by atomic mass is 127. The van der Waals surface area contributed by atoms with Gasteiger partial charge in [0.25, 0.3) is 5.56 Å². The predicted molar refractivity (Wildman–Crippen MR) is 72.8 cm³/mol. The number of terminal acetylenes is 1. The monoisotopic (exact) mass is 365 g/mol. The Balaban J connectivity index is 3.02. The molecule has 90 valence electrons. The molecule has 0 radical (unpaired) electrons. The van der Waals surface area contributed by atoms with Crippen LogP contribution < -0.4 is 10.9 Å². The topological polar surface area (TPSA) is 64.0 Å². The van der Waals surface area contributed by atoms with Crippen LogP contribution in [0.4, 0.5) is 0 Å². The summed E-state index contributed by atoms with van der Waals surface area (Å²) in [6.45, 7) is 1.70. The molecule has 0 aliphatic rings. The first-order valence-corrected chi connectivity index (χ1v) is 6.08. The first-order valence-electron chi connectivity index (χ1n) is 4.62. The Labute approximate surface area is 117 Å². The largest absolute Gasteiger partial charge is 0.343 e. The Morgan fingerprint density at radius 1 is 1.82 bits per heavy atom. The third-order valence-corrected chi connectivity index (χ3v) is 3.64. The summed E-state index contributed by atoms with van der Waals surface area (Å²) in [5.41, 5.74) is -0.353. The van der Waals surface area contributed by atoms with Gasteiger partial charge >= 0.3 is 0 Å². The lowest BCUT2D eigenvalue weighted by Gasteiger charge is -2.14. The zero-order valence-corrected chi connectivity index (χ0v) is 11.8. The van der Waals surface area contributed by atoms with Crippen molar-refractivity contribution in [3.63, 3.8) is 0 Å². The Morgan fingerprint density at radius 3 is 3.06 bits per heavy atom. The van der Waals surface area contributed by atoms with E-state index in [9.17, 15) is 9.59 Å². The van der Waals surface area contributed by atoms with E-state index >= 15 is 0 Å². The van der Waals surface area contributed by atoms with Crippen LogP contribution in [0.1, 0.15) is 13.0 Å². The van der Waals surface area contributed by atoms with Crippen LogP contribution in [-0.2, 0) is 4.79 Å². The lowest BCUT2D eigenvalue weighted by atomic mass is 10.3. The molecule has 0 spiro atoms. The molecular weight excluding hydrogens is 356 g/mol. The standard InChI is InChI=1S/C10H9ClIN3O2/c1-3-4-13-9(16)6(2)15-5-14-8(11)7(12)10(15)17/h1,5-6H,4H2,2H3,(H,13,16). The highest BCUT2D eigenvalue weighted by molar-refractivity contribution is 14.1. The van der Waals surface area contributed by atoms with Gasteiger partial charge in [-0.2, -0.15) is 0 Å². The smallest absolute Gasteiger partial charge is 0.269 e. The van der Waals surface area contributed by atoms with Crippen LogP contribution in [0.3, 0.4) is 0 Å². The zero-order chi connectivity index (χ0) is 13.0. The quantitative estimate of drug-likeness (QED) is 0.490. The molecule has 0 saturated heterocycles. The van der Waals surface area contributed by atoms with Gasteiger partial charge in [0.2, 0.25) is 5.91 Å². The second kappa shape index (κ2) is 6.02. The average molecular weight is 366 g/mol. The number of nitrogens with one attached hydrogen (secondary N) is 1. The zero-order valence-electron chi connectivity index (χ0n) is 8.91. The van der Waals surface area contributed by atoms with Gasteiger partial charge in [-0.05, 0) is 29.5 Å². The molecule has 1 N–H and O–H groups in total. The van der Waals surface area contributed by atoms with Crippen molar-refractivity contribution in [2.45, 2.75) is 13.0 Å². The number of hydrogen-bond acceptors (Lipinski definition) is 3. The number of rotatable bonds is 3. The molecule has 0 saturated carbocycles. The van der Waals surface area contributed by atoms with Gasteiger partial charge in [-0.3, -0.25) is 14.2 Å². The summed E-state index contributed by atoms with van der Waals surface area (Å²) in [6, 6.07) is -0.686. The van der Waals surface area contributed by atoms with Crippen molar-refractivity contribution in [3.8, 4) is 12.3 Å². The van der Waals surface area contributed by atoms with Gasteiger partial charge < -0.3 is 5.32 Å². The molecular formula is C10H9ClIN3O2. The van der Waals surface area contributed by atoms with Gasteiger partial charge in [0, 0.05) is 0 Å². The van der Waals surface area contributed by atoms with E-state index in [0.29, 0.717) is 0 Å². The van der Waals surface area contributed by atoms with E-state index in [-0.39, 0.29) is 26.7 Å². The van der Waals surface area contributed by atoms with Crippen molar-refractivity contribution in [2.75, 3.05) is 6.54 Å². The minimum Gasteiger partial charge on any atom is -0.343 e. The number of carbonyl (C=O) groups excluding carboxylic acids is 1. The number of nitrogens with zero attached hydrogens (tertiary/aromatic N) is 2. The van der Waals surface area contributed by atoms with Gasteiger partial charge in [-0.25, -0.2) is 4.98 Å². The lowest BCUT2D eigenvalue weighted by molar-refractivity contribution is -0.123. The molecule has 7 heteroatoms. The third-order valence-electron chi connectivity index (χ3n) is 2.06. The molecule has 0 aliphatic heterocycles. The molecule has 0 fully saturated rings. The molecule has 1 unspecified atom stereocenters. The molecule has 5 nitrogen and oxygen atoms in total. The minimum atomic E-state index is -0.686. The number of carbonyl (C=O) groups is 1. The van der Waals surface area contributed by atoms with E-state index in [4.69, 9.17) is 18.0 Å². The molecule has 1 aromatic rings. The molecule has 0 aromatic carbocycles. The van der Waals surface area contributed by atoms with Gasteiger partial charge in [-0.1, -0.05) is 17.5 Å². The predicted octanol–water partition coefficient (Wildman–Crippen LogP) is 0.812. The van der Waals surface area contributed by atoms with Crippen molar-refractivity contribution >= 4 is 40.1 Å². The number of amides is 1. The van der Waals surface area contributed by atoms with E-state index in [1.807, 2.05) is 0 Å². The van der Waals surface area contributed by atoms with E-state index in [2.05, 4.69) is 16.2 Å².